The Kier molecular flexibility index (Phi) is 6.48. The topological polar surface area (TPSA) is 41.6 Å². The van der Waals surface area contributed by atoms with Gasteiger partial charge < -0.3 is 10.1 Å². The molecule has 2 rings (SSSR count). The number of morpholine rings is 1. The Hall–Kier alpha value is -0.620. The number of hydrogen-bond donors (Lipinski definition) is 1. The number of nitrogens with one attached hydrogen (secondary N) is 1. The molecule has 0 aromatic heterocycles. The summed E-state index contributed by atoms with van der Waals surface area (Å²) < 4.78 is 6.41. The van der Waals surface area contributed by atoms with Gasteiger partial charge in [0, 0.05) is 29.1 Å². The number of hydrogen-bond acceptors (Lipinski definition) is 3. The summed E-state index contributed by atoms with van der Waals surface area (Å²) in [6, 6.07) is 5.59. The predicted molar refractivity (Wildman–Crippen MR) is 87.5 cm³/mol. The SMILES string of the molecule is CCCNC(=O)C1COCCN1Cc1ccc(Br)cc1Cl. The van der Waals surface area contributed by atoms with E-state index in [0.29, 0.717) is 31.3 Å². The fraction of sp³-hybridized carbons (Fsp3) is 0.533. The van der Waals surface area contributed by atoms with E-state index in [4.69, 9.17) is 16.3 Å². The molecule has 4 nitrogen and oxygen atoms in total. The molecule has 1 saturated heterocycles. The van der Waals surface area contributed by atoms with Gasteiger partial charge in [-0.15, -0.1) is 0 Å². The third-order valence-corrected chi connectivity index (χ3v) is 4.32. The Bertz CT molecular complexity index is 499. The van der Waals surface area contributed by atoms with Crippen LogP contribution in [0, 0.1) is 0 Å². The molecule has 1 unspecified atom stereocenters. The maximum atomic E-state index is 12.2. The van der Waals surface area contributed by atoms with Crippen molar-refractivity contribution in [1.29, 1.82) is 0 Å². The minimum Gasteiger partial charge on any atom is -0.378 e. The van der Waals surface area contributed by atoms with E-state index < -0.39 is 0 Å². The Morgan fingerprint density at radius 3 is 3.10 bits per heavy atom. The summed E-state index contributed by atoms with van der Waals surface area (Å²) in [5, 5.41) is 3.65. The molecule has 1 atom stereocenters. The number of carbonyl (C=O) groups excluding carboxylic acids is 1. The number of rotatable bonds is 5. The number of amides is 1. The lowest BCUT2D eigenvalue weighted by Crippen LogP contribution is -2.53. The molecule has 21 heavy (non-hydrogen) atoms. The molecule has 1 amide bonds. The van der Waals surface area contributed by atoms with Crippen LogP contribution in [0.4, 0.5) is 0 Å². The van der Waals surface area contributed by atoms with Crippen LogP contribution in [0.1, 0.15) is 18.9 Å². The van der Waals surface area contributed by atoms with Gasteiger partial charge in [-0.3, -0.25) is 9.69 Å². The third kappa shape index (κ3) is 4.68. The second-order valence-corrected chi connectivity index (χ2v) is 6.41. The van der Waals surface area contributed by atoms with Crippen molar-refractivity contribution in [2.24, 2.45) is 0 Å². The van der Waals surface area contributed by atoms with E-state index in [2.05, 4.69) is 26.1 Å². The molecule has 1 N–H and O–H groups in total. The van der Waals surface area contributed by atoms with Gasteiger partial charge in [-0.2, -0.15) is 0 Å². The first-order chi connectivity index (χ1) is 10.1. The Morgan fingerprint density at radius 1 is 1.57 bits per heavy atom. The van der Waals surface area contributed by atoms with Gasteiger partial charge in [-0.1, -0.05) is 40.5 Å². The second-order valence-electron chi connectivity index (χ2n) is 5.09. The quantitative estimate of drug-likeness (QED) is 0.860. The minimum absolute atomic E-state index is 0.0322. The highest BCUT2D eigenvalue weighted by atomic mass is 79.9. The van der Waals surface area contributed by atoms with Crippen molar-refractivity contribution in [3.63, 3.8) is 0 Å². The van der Waals surface area contributed by atoms with Crippen molar-refractivity contribution in [2.45, 2.75) is 25.9 Å². The highest BCUT2D eigenvalue weighted by Gasteiger charge is 2.29. The first kappa shape index (κ1) is 16.7. The van der Waals surface area contributed by atoms with Crippen molar-refractivity contribution in [2.75, 3.05) is 26.3 Å². The molecule has 0 radical (unpaired) electrons. The van der Waals surface area contributed by atoms with Crippen molar-refractivity contribution in [1.82, 2.24) is 10.2 Å². The van der Waals surface area contributed by atoms with Gasteiger partial charge in [0.05, 0.1) is 13.2 Å². The number of nitrogens with zero attached hydrogens (tertiary/aromatic N) is 1. The van der Waals surface area contributed by atoms with Gasteiger partial charge >= 0.3 is 0 Å². The summed E-state index contributed by atoms with van der Waals surface area (Å²) in [5.41, 5.74) is 1.02. The molecule has 6 heteroatoms. The molecule has 116 valence electrons. The van der Waals surface area contributed by atoms with Crippen molar-refractivity contribution < 1.29 is 9.53 Å². The zero-order valence-corrected chi connectivity index (χ0v) is 14.4. The van der Waals surface area contributed by atoms with Gasteiger partial charge in [0.1, 0.15) is 6.04 Å². The smallest absolute Gasteiger partial charge is 0.239 e. The van der Waals surface area contributed by atoms with E-state index in [1.54, 1.807) is 0 Å². The number of ether oxygens (including phenoxy) is 1. The fourth-order valence-electron chi connectivity index (χ4n) is 2.30. The van der Waals surface area contributed by atoms with Crippen molar-refractivity contribution in [3.05, 3.63) is 33.3 Å². The molecule has 0 spiro atoms. The van der Waals surface area contributed by atoms with Crippen molar-refractivity contribution >= 4 is 33.4 Å². The molecular formula is C15H20BrClN2O2. The maximum Gasteiger partial charge on any atom is 0.239 e. The Morgan fingerprint density at radius 2 is 2.38 bits per heavy atom. The maximum absolute atomic E-state index is 12.2. The molecule has 0 saturated carbocycles. The van der Waals surface area contributed by atoms with E-state index in [0.717, 1.165) is 23.0 Å². The van der Waals surface area contributed by atoms with E-state index in [9.17, 15) is 4.79 Å². The summed E-state index contributed by atoms with van der Waals surface area (Å²) in [4.78, 5) is 14.4. The lowest BCUT2D eigenvalue weighted by Gasteiger charge is -2.34. The molecule has 1 heterocycles. The monoisotopic (exact) mass is 374 g/mol. The third-order valence-electron chi connectivity index (χ3n) is 3.48. The van der Waals surface area contributed by atoms with E-state index in [1.165, 1.54) is 0 Å². The number of halogens is 2. The molecule has 1 aliphatic rings. The van der Waals surface area contributed by atoms with Gasteiger partial charge in [-0.05, 0) is 24.1 Å². The summed E-state index contributed by atoms with van der Waals surface area (Å²) in [7, 11) is 0. The lowest BCUT2D eigenvalue weighted by atomic mass is 10.1. The average molecular weight is 376 g/mol. The molecule has 0 bridgehead atoms. The van der Waals surface area contributed by atoms with Gasteiger partial charge in [-0.25, -0.2) is 0 Å². The Balaban J connectivity index is 2.06. The van der Waals surface area contributed by atoms with Crippen LogP contribution in [0.2, 0.25) is 5.02 Å². The van der Waals surface area contributed by atoms with Crippen LogP contribution in [0.5, 0.6) is 0 Å². The average Bonchev–Trinajstić information content (AvgIpc) is 2.48. The van der Waals surface area contributed by atoms with E-state index >= 15 is 0 Å². The van der Waals surface area contributed by atoms with Gasteiger partial charge in [0.25, 0.3) is 0 Å². The lowest BCUT2D eigenvalue weighted by molar-refractivity contribution is -0.132. The standard InChI is InChI=1S/C15H20BrClN2O2/c1-2-5-18-15(20)14-10-21-7-6-19(14)9-11-3-4-12(16)8-13(11)17/h3-4,8,14H,2,5-7,9-10H2,1H3,(H,18,20). The largest absolute Gasteiger partial charge is 0.378 e. The van der Waals surface area contributed by atoms with Crippen LogP contribution in [0.15, 0.2) is 22.7 Å². The van der Waals surface area contributed by atoms with E-state index in [1.807, 2.05) is 25.1 Å². The van der Waals surface area contributed by atoms with Gasteiger partial charge in [0.15, 0.2) is 0 Å². The van der Waals surface area contributed by atoms with Crippen LogP contribution >= 0.6 is 27.5 Å². The predicted octanol–water partition coefficient (Wildman–Crippen LogP) is 2.83. The minimum atomic E-state index is -0.245. The van der Waals surface area contributed by atoms with E-state index in [-0.39, 0.29) is 11.9 Å². The normalized spacial score (nSPS) is 19.5. The van der Waals surface area contributed by atoms with Crippen LogP contribution < -0.4 is 5.32 Å². The molecule has 1 fully saturated rings. The summed E-state index contributed by atoms with van der Waals surface area (Å²) in [6.07, 6.45) is 0.928. The van der Waals surface area contributed by atoms with Crippen LogP contribution in [-0.2, 0) is 16.1 Å². The molecule has 1 aromatic carbocycles. The highest BCUT2D eigenvalue weighted by Crippen LogP contribution is 2.24. The first-order valence-corrected chi connectivity index (χ1v) is 8.32. The Labute approximate surface area is 138 Å². The van der Waals surface area contributed by atoms with Crippen LogP contribution in [-0.4, -0.2) is 43.2 Å². The molecule has 1 aromatic rings. The molecule has 0 aliphatic carbocycles. The number of carbonyl (C=O) groups is 1. The van der Waals surface area contributed by atoms with Crippen LogP contribution in [0.25, 0.3) is 0 Å². The fourth-order valence-corrected chi connectivity index (χ4v) is 3.04. The molecular weight excluding hydrogens is 356 g/mol. The second kappa shape index (κ2) is 8.13. The highest BCUT2D eigenvalue weighted by molar-refractivity contribution is 9.10. The first-order valence-electron chi connectivity index (χ1n) is 7.15. The summed E-state index contributed by atoms with van der Waals surface area (Å²) in [5.74, 6) is 0.0322. The summed E-state index contributed by atoms with van der Waals surface area (Å²) >= 11 is 9.67. The van der Waals surface area contributed by atoms with Crippen LogP contribution in [0.3, 0.4) is 0 Å². The zero-order valence-electron chi connectivity index (χ0n) is 12.1. The van der Waals surface area contributed by atoms with Crippen molar-refractivity contribution in [3.8, 4) is 0 Å². The van der Waals surface area contributed by atoms with Gasteiger partial charge in [0.2, 0.25) is 5.91 Å². The molecule has 1 aliphatic heterocycles. The summed E-state index contributed by atoms with van der Waals surface area (Å²) in [6.45, 7) is 5.20. The zero-order chi connectivity index (χ0) is 15.2. The number of benzene rings is 1.